The number of methoxy groups -OCH3 is 1. The predicted molar refractivity (Wildman–Crippen MR) is 157 cm³/mol. The first-order chi connectivity index (χ1) is 20.3. The smallest absolute Gasteiger partial charge is 0.337 e. The molecule has 2 aliphatic rings. The minimum absolute atomic E-state index is 0.00408. The number of carbonyl (C=O) groups is 4. The van der Waals surface area contributed by atoms with Crippen LogP contribution in [0, 0.1) is 11.8 Å². The summed E-state index contributed by atoms with van der Waals surface area (Å²) in [5, 5.41) is 14.9. The van der Waals surface area contributed by atoms with Crippen LogP contribution in [-0.4, -0.2) is 63.7 Å². The number of imide groups is 1. The molecule has 6 rings (SSSR count). The zero-order valence-corrected chi connectivity index (χ0v) is 23.6. The van der Waals surface area contributed by atoms with Crippen LogP contribution in [0.1, 0.15) is 27.5 Å². The number of nitrogens with one attached hydrogen (secondary N) is 2. The van der Waals surface area contributed by atoms with Crippen LogP contribution in [0.4, 0.5) is 0 Å². The lowest BCUT2D eigenvalue weighted by atomic mass is 9.76. The van der Waals surface area contributed by atoms with E-state index in [1.165, 1.54) is 23.8 Å². The molecule has 0 aliphatic carbocycles. The van der Waals surface area contributed by atoms with Crippen LogP contribution in [0.5, 0.6) is 0 Å². The van der Waals surface area contributed by atoms with Gasteiger partial charge in [0, 0.05) is 46.8 Å². The monoisotopic (exact) mass is 583 g/mol. The molecule has 0 spiro atoms. The first kappa shape index (κ1) is 27.7. The maximum Gasteiger partial charge on any atom is 0.337 e. The molecular formula is C32H29N3O6S. The van der Waals surface area contributed by atoms with Gasteiger partial charge in [-0.1, -0.05) is 48.5 Å². The molecule has 4 unspecified atom stereocenters. The summed E-state index contributed by atoms with van der Waals surface area (Å²) >= 11 is 1.53. The number of ether oxygens (including phenoxy) is 1. The Morgan fingerprint density at radius 1 is 0.976 bits per heavy atom. The second kappa shape index (κ2) is 11.1. The van der Waals surface area contributed by atoms with Crippen LogP contribution >= 0.6 is 11.8 Å². The van der Waals surface area contributed by atoms with Gasteiger partial charge in [-0.25, -0.2) is 4.79 Å². The Balaban J connectivity index is 1.37. The Labute approximate surface area is 246 Å². The molecule has 0 saturated carbocycles. The Hall–Kier alpha value is -4.41. The van der Waals surface area contributed by atoms with E-state index in [1.807, 2.05) is 54.6 Å². The Bertz CT molecular complexity index is 1670. The number of carboxylic acids is 1. The summed E-state index contributed by atoms with van der Waals surface area (Å²) in [6, 6.07) is 23.0. The van der Waals surface area contributed by atoms with Gasteiger partial charge in [0.1, 0.15) is 5.54 Å². The van der Waals surface area contributed by atoms with Crippen molar-refractivity contribution in [2.24, 2.45) is 11.8 Å². The summed E-state index contributed by atoms with van der Waals surface area (Å²) in [7, 11) is 1.29. The Morgan fingerprint density at radius 3 is 2.40 bits per heavy atom. The van der Waals surface area contributed by atoms with E-state index in [-0.39, 0.29) is 13.0 Å². The third-order valence-corrected chi connectivity index (χ3v) is 9.28. The van der Waals surface area contributed by atoms with Gasteiger partial charge in [-0.3, -0.25) is 24.6 Å². The van der Waals surface area contributed by atoms with E-state index < -0.39 is 47.2 Å². The van der Waals surface area contributed by atoms with E-state index in [9.17, 15) is 24.3 Å². The number of rotatable bonds is 9. The average Bonchev–Trinajstić information content (AvgIpc) is 3.66. The highest BCUT2D eigenvalue weighted by Crippen LogP contribution is 2.50. The lowest BCUT2D eigenvalue weighted by Crippen LogP contribution is -2.57. The number of H-pyrrole nitrogens is 1. The number of aromatic amines is 1. The van der Waals surface area contributed by atoms with Crippen LogP contribution in [-0.2, 0) is 25.5 Å². The van der Waals surface area contributed by atoms with Crippen LogP contribution in [0.25, 0.3) is 10.9 Å². The lowest BCUT2D eigenvalue weighted by Gasteiger charge is -2.31. The number of carbonyl (C=O) groups excluding carboxylic acids is 3. The number of fused-ring (bicyclic) bond motifs is 2. The highest BCUT2D eigenvalue weighted by molar-refractivity contribution is 7.99. The minimum Gasteiger partial charge on any atom is -0.480 e. The van der Waals surface area contributed by atoms with E-state index in [1.54, 1.807) is 30.5 Å². The van der Waals surface area contributed by atoms with Crippen molar-refractivity contribution < 1.29 is 29.0 Å². The summed E-state index contributed by atoms with van der Waals surface area (Å²) in [6.45, 7) is 0.168. The molecule has 42 heavy (non-hydrogen) atoms. The third-order valence-electron chi connectivity index (χ3n) is 8.29. The van der Waals surface area contributed by atoms with Crippen molar-refractivity contribution in [1.82, 2.24) is 15.2 Å². The van der Waals surface area contributed by atoms with E-state index in [2.05, 4.69) is 10.3 Å². The number of thioether (sulfide) groups is 1. The van der Waals surface area contributed by atoms with Crippen LogP contribution in [0.15, 0.2) is 90.0 Å². The number of para-hydroxylation sites is 1. The van der Waals surface area contributed by atoms with Crippen molar-refractivity contribution in [1.29, 1.82) is 0 Å². The van der Waals surface area contributed by atoms with Gasteiger partial charge in [-0.15, -0.1) is 11.8 Å². The topological polar surface area (TPSA) is 129 Å². The van der Waals surface area contributed by atoms with Gasteiger partial charge in [0.25, 0.3) is 0 Å². The highest BCUT2D eigenvalue weighted by atomic mass is 32.2. The summed E-state index contributed by atoms with van der Waals surface area (Å²) in [6.07, 6.45) is 1.76. The predicted octanol–water partition coefficient (Wildman–Crippen LogP) is 4.06. The molecule has 2 saturated heterocycles. The standard InChI is InChI=1S/C32H29N3O6S/c1-41-30(38)20-13-11-19(12-14-20)27-25-26(29(37)35(28(25)36)15-16-42-22-7-3-2-4-8-22)32(34-27,31(39)40)17-21-18-33-24-10-6-5-9-23(21)24/h2-14,18,25-27,33-34H,15-17H2,1H3,(H,39,40). The molecule has 0 bridgehead atoms. The molecule has 3 N–H and O–H groups in total. The SMILES string of the molecule is COC(=O)c1ccc(C2NC(Cc3c[nH]c4ccccc34)(C(=O)O)C3C(=O)N(CCSc4ccccc4)C(=O)C23)cc1. The van der Waals surface area contributed by atoms with Crippen LogP contribution < -0.4 is 5.32 Å². The molecule has 4 atom stereocenters. The highest BCUT2D eigenvalue weighted by Gasteiger charge is 2.68. The van der Waals surface area contributed by atoms with Crippen molar-refractivity contribution in [3.8, 4) is 0 Å². The molecular weight excluding hydrogens is 554 g/mol. The molecule has 0 radical (unpaired) electrons. The number of amides is 2. The molecule has 3 aromatic carbocycles. The summed E-state index contributed by atoms with van der Waals surface area (Å²) in [4.78, 5) is 58.7. The first-order valence-corrected chi connectivity index (χ1v) is 14.6. The van der Waals surface area contributed by atoms with Gasteiger partial charge in [-0.05, 0) is 41.5 Å². The fourth-order valence-electron chi connectivity index (χ4n) is 6.30. The zero-order valence-electron chi connectivity index (χ0n) is 22.8. The molecule has 3 heterocycles. The number of likely N-dealkylation sites (tertiary alicyclic amines) is 1. The van der Waals surface area contributed by atoms with Gasteiger partial charge in [-0.2, -0.15) is 0 Å². The number of aromatic nitrogens is 1. The van der Waals surface area contributed by atoms with Gasteiger partial charge >= 0.3 is 11.9 Å². The average molecular weight is 584 g/mol. The fourth-order valence-corrected chi connectivity index (χ4v) is 7.16. The van der Waals surface area contributed by atoms with E-state index >= 15 is 0 Å². The Morgan fingerprint density at radius 2 is 1.69 bits per heavy atom. The molecule has 10 heteroatoms. The number of hydrogen-bond acceptors (Lipinski definition) is 7. The molecule has 1 aromatic heterocycles. The quantitative estimate of drug-likeness (QED) is 0.153. The number of esters is 1. The number of benzene rings is 3. The number of aliphatic carboxylic acids is 1. The summed E-state index contributed by atoms with van der Waals surface area (Å²) in [5.74, 6) is -4.15. The number of nitrogens with zero attached hydrogens (tertiary/aromatic N) is 1. The van der Waals surface area contributed by atoms with Crippen molar-refractivity contribution in [3.63, 3.8) is 0 Å². The molecule has 214 valence electrons. The van der Waals surface area contributed by atoms with Crippen molar-refractivity contribution in [2.45, 2.75) is 22.9 Å². The van der Waals surface area contributed by atoms with Gasteiger partial charge in [0.2, 0.25) is 11.8 Å². The molecule has 2 fully saturated rings. The lowest BCUT2D eigenvalue weighted by molar-refractivity contribution is -0.151. The van der Waals surface area contributed by atoms with Crippen molar-refractivity contribution >= 4 is 46.4 Å². The fraction of sp³-hybridized carbons (Fsp3) is 0.250. The van der Waals surface area contributed by atoms with Crippen LogP contribution in [0.3, 0.4) is 0 Å². The second-order valence-electron chi connectivity index (χ2n) is 10.5. The summed E-state index contributed by atoms with van der Waals surface area (Å²) in [5.41, 5.74) is 0.786. The van der Waals surface area contributed by atoms with Gasteiger partial charge in [0.15, 0.2) is 0 Å². The molecule has 9 nitrogen and oxygen atoms in total. The maximum atomic E-state index is 14.0. The largest absolute Gasteiger partial charge is 0.480 e. The first-order valence-electron chi connectivity index (χ1n) is 13.6. The van der Waals surface area contributed by atoms with Crippen molar-refractivity contribution in [2.75, 3.05) is 19.4 Å². The maximum absolute atomic E-state index is 14.0. The van der Waals surface area contributed by atoms with Gasteiger partial charge < -0.3 is 14.8 Å². The normalized spacial score (nSPS) is 23.4. The molecule has 4 aromatic rings. The second-order valence-corrected chi connectivity index (χ2v) is 11.7. The summed E-state index contributed by atoms with van der Waals surface area (Å²) < 4.78 is 4.80. The number of hydrogen-bond donors (Lipinski definition) is 3. The third kappa shape index (κ3) is 4.66. The molecule has 2 amide bonds. The Kier molecular flexibility index (Phi) is 7.34. The minimum atomic E-state index is -1.74. The van der Waals surface area contributed by atoms with E-state index in [4.69, 9.17) is 4.74 Å². The molecule has 2 aliphatic heterocycles. The van der Waals surface area contributed by atoms with E-state index in [0.717, 1.165) is 21.4 Å². The zero-order chi connectivity index (χ0) is 29.4. The van der Waals surface area contributed by atoms with Crippen LogP contribution in [0.2, 0.25) is 0 Å². The van der Waals surface area contributed by atoms with Gasteiger partial charge in [0.05, 0.1) is 24.5 Å². The number of carboxylic acid groups (broad SMARTS) is 1. The van der Waals surface area contributed by atoms with E-state index in [0.29, 0.717) is 16.9 Å². The van der Waals surface area contributed by atoms with Crippen molar-refractivity contribution in [3.05, 3.63) is 102 Å².